The fourth-order valence-electron chi connectivity index (χ4n) is 5.41. The molecule has 0 nitrogen and oxygen atoms in total. The van der Waals surface area contributed by atoms with Crippen LogP contribution in [-0.4, -0.2) is 0 Å². The molecular weight excluding hydrogens is 352 g/mol. The summed E-state index contributed by atoms with van der Waals surface area (Å²) in [5.41, 5.74) is 0.158. The summed E-state index contributed by atoms with van der Waals surface area (Å²) in [4.78, 5) is 0. The van der Waals surface area contributed by atoms with Crippen molar-refractivity contribution in [2.24, 2.45) is 17.8 Å². The molecule has 2 aliphatic rings. The molecule has 0 aromatic heterocycles. The van der Waals surface area contributed by atoms with Crippen LogP contribution in [0.5, 0.6) is 0 Å². The molecule has 2 aliphatic carbocycles. The number of hydrogen-bond donors (Lipinski definition) is 0. The Hall–Kier alpha value is -1.58. The number of benzene rings is 2. The molecular formula is C23H26F4. The van der Waals surface area contributed by atoms with Crippen LogP contribution in [0.25, 0.3) is 10.8 Å². The van der Waals surface area contributed by atoms with Crippen LogP contribution in [0.4, 0.5) is 17.6 Å². The lowest BCUT2D eigenvalue weighted by atomic mass is 9.63. The van der Waals surface area contributed by atoms with Gasteiger partial charge in [0.25, 0.3) is 0 Å². The quantitative estimate of drug-likeness (QED) is 0.470. The minimum absolute atomic E-state index is 0.0608. The molecule has 0 aliphatic heterocycles. The third kappa shape index (κ3) is 3.72. The molecule has 2 fully saturated rings. The lowest BCUT2D eigenvalue weighted by molar-refractivity contribution is -0.137. The predicted octanol–water partition coefficient (Wildman–Crippen LogP) is 7.71. The van der Waals surface area contributed by atoms with Gasteiger partial charge in [-0.3, -0.25) is 0 Å². The number of alkyl halides is 3. The van der Waals surface area contributed by atoms with Crippen LogP contribution in [0.1, 0.15) is 68.9 Å². The topological polar surface area (TPSA) is 0 Å². The molecule has 27 heavy (non-hydrogen) atoms. The van der Waals surface area contributed by atoms with Crippen molar-refractivity contribution < 1.29 is 17.6 Å². The van der Waals surface area contributed by atoms with Gasteiger partial charge in [-0.2, -0.15) is 13.2 Å². The average Bonchev–Trinajstić information content (AvgIpc) is 2.66. The van der Waals surface area contributed by atoms with Crippen LogP contribution in [0.15, 0.2) is 30.3 Å². The van der Waals surface area contributed by atoms with E-state index in [1.165, 1.54) is 44.2 Å². The molecule has 146 valence electrons. The molecule has 2 saturated carbocycles. The van der Waals surface area contributed by atoms with Gasteiger partial charge in [0, 0.05) is 5.39 Å². The monoisotopic (exact) mass is 378 g/mol. The number of rotatable bonds is 2. The minimum atomic E-state index is -4.45. The molecule has 2 aromatic rings. The van der Waals surface area contributed by atoms with Crippen molar-refractivity contribution in [3.63, 3.8) is 0 Å². The van der Waals surface area contributed by atoms with Crippen molar-refractivity contribution in [1.29, 1.82) is 0 Å². The summed E-state index contributed by atoms with van der Waals surface area (Å²) in [5.74, 6) is 2.18. The summed E-state index contributed by atoms with van der Waals surface area (Å²) in [5, 5.41) is 0.625. The molecule has 0 spiro atoms. The van der Waals surface area contributed by atoms with Gasteiger partial charge in [0.1, 0.15) is 5.82 Å². The van der Waals surface area contributed by atoms with Crippen LogP contribution >= 0.6 is 0 Å². The van der Waals surface area contributed by atoms with Crippen LogP contribution < -0.4 is 0 Å². The largest absolute Gasteiger partial charge is 0.416 e. The molecule has 4 atom stereocenters. The molecule has 2 aromatic carbocycles. The Kier molecular flexibility index (Phi) is 4.94. The molecule has 0 saturated heterocycles. The maximum absolute atomic E-state index is 14.6. The van der Waals surface area contributed by atoms with Crippen LogP contribution in [0.3, 0.4) is 0 Å². The first-order chi connectivity index (χ1) is 12.8. The Morgan fingerprint density at radius 1 is 0.926 bits per heavy atom. The lowest BCUT2D eigenvalue weighted by Crippen LogP contribution is -2.30. The van der Waals surface area contributed by atoms with Crippen LogP contribution in [0.2, 0.25) is 0 Å². The number of halogens is 4. The van der Waals surface area contributed by atoms with E-state index >= 15 is 0 Å². The van der Waals surface area contributed by atoms with Gasteiger partial charge in [0.15, 0.2) is 0 Å². The van der Waals surface area contributed by atoms with E-state index in [1.807, 2.05) is 6.07 Å². The zero-order chi connectivity index (χ0) is 19.2. The molecule has 4 unspecified atom stereocenters. The zero-order valence-corrected chi connectivity index (χ0v) is 15.7. The average molecular weight is 378 g/mol. The molecule has 0 N–H and O–H groups in total. The van der Waals surface area contributed by atoms with Gasteiger partial charge in [-0.15, -0.1) is 0 Å². The molecule has 0 amide bonds. The second-order valence-electron chi connectivity index (χ2n) is 8.55. The highest BCUT2D eigenvalue weighted by atomic mass is 19.4. The van der Waals surface area contributed by atoms with Gasteiger partial charge in [-0.1, -0.05) is 31.9 Å². The second-order valence-corrected chi connectivity index (χ2v) is 8.55. The third-order valence-corrected chi connectivity index (χ3v) is 7.02. The van der Waals surface area contributed by atoms with E-state index < -0.39 is 17.6 Å². The molecule has 4 heteroatoms. The SMILES string of the molecule is CCC1CCC2CC(c3cc(F)c4cc(C(F)(F)F)ccc4c3)CCC2C1. The predicted molar refractivity (Wildman–Crippen MR) is 100 cm³/mol. The van der Waals surface area contributed by atoms with Gasteiger partial charge >= 0.3 is 6.18 Å². The maximum Gasteiger partial charge on any atom is 0.416 e. The summed E-state index contributed by atoms with van der Waals surface area (Å²) >= 11 is 0. The standard InChI is InChI=1S/C23H26F4/c1-2-14-3-4-16-10-17(6-5-15(16)9-14)19-11-18-7-8-20(23(25,26)27)13-21(18)22(24)12-19/h7-8,11-17H,2-6,9-10H2,1H3. The molecule has 4 rings (SSSR count). The van der Waals surface area contributed by atoms with Crippen molar-refractivity contribution in [1.82, 2.24) is 0 Å². The van der Waals surface area contributed by atoms with Crippen LogP contribution in [-0.2, 0) is 6.18 Å². The minimum Gasteiger partial charge on any atom is -0.206 e. The summed E-state index contributed by atoms with van der Waals surface area (Å²) < 4.78 is 53.4. The summed E-state index contributed by atoms with van der Waals surface area (Å²) in [6, 6.07) is 6.76. The van der Waals surface area contributed by atoms with Gasteiger partial charge < -0.3 is 0 Å². The van der Waals surface area contributed by atoms with Gasteiger partial charge in [-0.05, 0) is 84.9 Å². The summed E-state index contributed by atoms with van der Waals surface area (Å²) in [6.07, 6.45) is 4.06. The Balaban J connectivity index is 1.58. The van der Waals surface area contributed by atoms with Crippen LogP contribution in [0, 0.1) is 23.6 Å². The summed E-state index contributed by atoms with van der Waals surface area (Å²) in [7, 11) is 0. The van der Waals surface area contributed by atoms with E-state index in [0.717, 1.165) is 48.3 Å². The Morgan fingerprint density at radius 2 is 1.67 bits per heavy atom. The van der Waals surface area contributed by atoms with E-state index in [0.29, 0.717) is 11.3 Å². The highest BCUT2D eigenvalue weighted by molar-refractivity contribution is 5.84. The Morgan fingerprint density at radius 3 is 2.41 bits per heavy atom. The Labute approximate surface area is 158 Å². The number of fused-ring (bicyclic) bond motifs is 2. The maximum atomic E-state index is 14.6. The van der Waals surface area contributed by atoms with E-state index in [-0.39, 0.29) is 5.39 Å². The van der Waals surface area contributed by atoms with Crippen molar-refractivity contribution in [3.05, 3.63) is 47.3 Å². The van der Waals surface area contributed by atoms with Gasteiger partial charge in [-0.25, -0.2) is 4.39 Å². The van der Waals surface area contributed by atoms with E-state index in [2.05, 4.69) is 6.92 Å². The lowest BCUT2D eigenvalue weighted by Gasteiger charge is -2.42. The van der Waals surface area contributed by atoms with Crippen molar-refractivity contribution in [2.45, 2.75) is 64.0 Å². The fraction of sp³-hybridized carbons (Fsp3) is 0.565. The first-order valence-corrected chi connectivity index (χ1v) is 10.2. The fourth-order valence-corrected chi connectivity index (χ4v) is 5.41. The normalized spacial score (nSPS) is 28.9. The van der Waals surface area contributed by atoms with Gasteiger partial charge in [0.05, 0.1) is 5.56 Å². The Bertz CT molecular complexity index is 823. The third-order valence-electron chi connectivity index (χ3n) is 7.02. The van der Waals surface area contributed by atoms with Crippen molar-refractivity contribution >= 4 is 10.8 Å². The van der Waals surface area contributed by atoms with Gasteiger partial charge in [0.2, 0.25) is 0 Å². The van der Waals surface area contributed by atoms with E-state index in [4.69, 9.17) is 0 Å². The molecule has 0 radical (unpaired) electrons. The van der Waals surface area contributed by atoms with Crippen molar-refractivity contribution in [2.75, 3.05) is 0 Å². The summed E-state index contributed by atoms with van der Waals surface area (Å²) in [6.45, 7) is 2.28. The first-order valence-electron chi connectivity index (χ1n) is 10.2. The zero-order valence-electron chi connectivity index (χ0n) is 15.7. The second kappa shape index (κ2) is 7.10. The highest BCUT2D eigenvalue weighted by Gasteiger charge is 2.36. The number of hydrogen-bond acceptors (Lipinski definition) is 0. The smallest absolute Gasteiger partial charge is 0.206 e. The van der Waals surface area contributed by atoms with E-state index in [9.17, 15) is 17.6 Å². The van der Waals surface area contributed by atoms with Crippen molar-refractivity contribution in [3.8, 4) is 0 Å². The van der Waals surface area contributed by atoms with E-state index in [1.54, 1.807) is 0 Å². The molecule has 0 bridgehead atoms. The first kappa shape index (κ1) is 18.8. The molecule has 0 heterocycles. The highest BCUT2D eigenvalue weighted by Crippen LogP contribution is 2.48.